The third-order valence-electron chi connectivity index (χ3n) is 4.60. The summed E-state index contributed by atoms with van der Waals surface area (Å²) in [5.41, 5.74) is 8.26. The monoisotopic (exact) mass is 274 g/mol. The highest BCUT2D eigenvalue weighted by molar-refractivity contribution is 5.93. The first-order valence-electron chi connectivity index (χ1n) is 7.70. The van der Waals surface area contributed by atoms with Crippen LogP contribution in [0.3, 0.4) is 0 Å². The van der Waals surface area contributed by atoms with Crippen molar-refractivity contribution < 1.29 is 4.79 Å². The van der Waals surface area contributed by atoms with E-state index < -0.39 is 0 Å². The van der Waals surface area contributed by atoms with E-state index in [0.717, 1.165) is 18.0 Å². The van der Waals surface area contributed by atoms with Crippen LogP contribution in [-0.2, 0) is 6.54 Å². The molecule has 1 amide bonds. The second-order valence-corrected chi connectivity index (χ2v) is 6.07. The highest BCUT2D eigenvalue weighted by atomic mass is 16.1. The Hall–Kier alpha value is -1.35. The number of primary amides is 1. The molecule has 1 unspecified atom stereocenters. The van der Waals surface area contributed by atoms with Gasteiger partial charge in [-0.05, 0) is 55.9 Å². The Balaban J connectivity index is 1.91. The van der Waals surface area contributed by atoms with Crippen LogP contribution in [0.2, 0.25) is 0 Å². The fraction of sp³-hybridized carbons (Fsp3) is 0.588. The van der Waals surface area contributed by atoms with Gasteiger partial charge in [-0.2, -0.15) is 0 Å². The highest BCUT2D eigenvalue weighted by Crippen LogP contribution is 2.26. The average Bonchev–Trinajstić information content (AvgIpc) is 2.46. The molecule has 1 saturated carbocycles. The smallest absolute Gasteiger partial charge is 0.248 e. The molecule has 1 aromatic rings. The number of benzene rings is 1. The molecule has 1 aliphatic carbocycles. The molecule has 2 rings (SSSR count). The number of hydrogen-bond donors (Lipinski definition) is 2. The Morgan fingerprint density at radius 1 is 1.35 bits per heavy atom. The second-order valence-electron chi connectivity index (χ2n) is 6.07. The van der Waals surface area contributed by atoms with Crippen LogP contribution in [0, 0.1) is 12.8 Å². The van der Waals surface area contributed by atoms with Crippen molar-refractivity contribution in [2.75, 3.05) is 0 Å². The first-order chi connectivity index (χ1) is 9.58. The Labute approximate surface area is 121 Å². The topological polar surface area (TPSA) is 55.1 Å². The van der Waals surface area contributed by atoms with Crippen molar-refractivity contribution in [3.05, 3.63) is 34.9 Å². The minimum Gasteiger partial charge on any atom is -0.366 e. The quantitative estimate of drug-likeness (QED) is 0.866. The lowest BCUT2D eigenvalue weighted by molar-refractivity contribution is 0.1000. The molecule has 0 bridgehead atoms. The van der Waals surface area contributed by atoms with Crippen molar-refractivity contribution >= 4 is 5.91 Å². The molecule has 0 saturated heterocycles. The minimum atomic E-state index is -0.358. The van der Waals surface area contributed by atoms with E-state index in [9.17, 15) is 4.79 Å². The molecule has 0 aromatic heterocycles. The van der Waals surface area contributed by atoms with E-state index in [1.807, 2.05) is 25.1 Å². The molecule has 0 radical (unpaired) electrons. The molecule has 3 nitrogen and oxygen atoms in total. The third-order valence-corrected chi connectivity index (χ3v) is 4.60. The summed E-state index contributed by atoms with van der Waals surface area (Å²) in [6.07, 6.45) is 6.87. The lowest BCUT2D eigenvalue weighted by atomic mass is 9.84. The molecule has 1 aromatic carbocycles. The predicted molar refractivity (Wildman–Crippen MR) is 82.6 cm³/mol. The van der Waals surface area contributed by atoms with Crippen LogP contribution in [0.15, 0.2) is 18.2 Å². The predicted octanol–water partition coefficient (Wildman–Crippen LogP) is 3.15. The van der Waals surface area contributed by atoms with Gasteiger partial charge in [0, 0.05) is 18.2 Å². The maximum absolute atomic E-state index is 11.1. The Morgan fingerprint density at radius 3 is 2.65 bits per heavy atom. The summed E-state index contributed by atoms with van der Waals surface area (Å²) in [5, 5.41) is 3.64. The number of rotatable bonds is 5. The van der Waals surface area contributed by atoms with Gasteiger partial charge in [0.15, 0.2) is 0 Å². The van der Waals surface area contributed by atoms with E-state index in [4.69, 9.17) is 5.73 Å². The van der Waals surface area contributed by atoms with Gasteiger partial charge >= 0.3 is 0 Å². The van der Waals surface area contributed by atoms with Crippen LogP contribution in [0.4, 0.5) is 0 Å². The number of nitrogens with two attached hydrogens (primary N) is 1. The number of amides is 1. The molecule has 0 aliphatic heterocycles. The summed E-state index contributed by atoms with van der Waals surface area (Å²) >= 11 is 0. The first-order valence-corrected chi connectivity index (χ1v) is 7.70. The lowest BCUT2D eigenvalue weighted by Crippen LogP contribution is -2.34. The van der Waals surface area contributed by atoms with Crippen molar-refractivity contribution in [2.45, 2.75) is 58.5 Å². The fourth-order valence-corrected chi connectivity index (χ4v) is 3.12. The van der Waals surface area contributed by atoms with E-state index in [1.165, 1.54) is 37.7 Å². The summed E-state index contributed by atoms with van der Waals surface area (Å²) in [6.45, 7) is 5.19. The molecule has 110 valence electrons. The van der Waals surface area contributed by atoms with Crippen molar-refractivity contribution in [1.82, 2.24) is 5.32 Å². The van der Waals surface area contributed by atoms with Gasteiger partial charge in [-0.3, -0.25) is 4.79 Å². The molecule has 3 N–H and O–H groups in total. The van der Waals surface area contributed by atoms with Crippen LogP contribution in [0.1, 0.15) is 60.5 Å². The summed E-state index contributed by atoms with van der Waals surface area (Å²) in [6, 6.07) is 6.27. The zero-order valence-electron chi connectivity index (χ0n) is 12.6. The lowest BCUT2D eigenvalue weighted by Gasteiger charge is -2.28. The van der Waals surface area contributed by atoms with Crippen molar-refractivity contribution in [2.24, 2.45) is 11.7 Å². The second kappa shape index (κ2) is 6.89. The van der Waals surface area contributed by atoms with E-state index in [1.54, 1.807) is 0 Å². The van der Waals surface area contributed by atoms with Gasteiger partial charge < -0.3 is 11.1 Å². The van der Waals surface area contributed by atoms with Crippen LogP contribution in [0.5, 0.6) is 0 Å². The SMILES string of the molecule is Cc1cc(C(N)=O)ccc1CNC(C)C1CCCCC1. The summed E-state index contributed by atoms with van der Waals surface area (Å²) in [4.78, 5) is 11.1. The summed E-state index contributed by atoms with van der Waals surface area (Å²) < 4.78 is 0. The van der Waals surface area contributed by atoms with Crippen LogP contribution >= 0.6 is 0 Å². The van der Waals surface area contributed by atoms with Gasteiger partial charge in [0.2, 0.25) is 5.91 Å². The normalized spacial score (nSPS) is 17.9. The molecule has 1 aliphatic rings. The van der Waals surface area contributed by atoms with E-state index >= 15 is 0 Å². The van der Waals surface area contributed by atoms with Crippen molar-refractivity contribution in [1.29, 1.82) is 0 Å². The van der Waals surface area contributed by atoms with Gasteiger partial charge in [0.05, 0.1) is 0 Å². The highest BCUT2D eigenvalue weighted by Gasteiger charge is 2.19. The molecule has 1 fully saturated rings. The molecular formula is C17H26N2O. The zero-order valence-corrected chi connectivity index (χ0v) is 12.6. The number of carbonyl (C=O) groups is 1. The van der Waals surface area contributed by atoms with Gasteiger partial charge in [0.25, 0.3) is 0 Å². The zero-order chi connectivity index (χ0) is 14.5. The standard InChI is InChI=1S/C17H26N2O/c1-12-10-15(17(18)20)8-9-16(12)11-19-13(2)14-6-4-3-5-7-14/h8-10,13-14,19H,3-7,11H2,1-2H3,(H2,18,20). The number of aryl methyl sites for hydroxylation is 1. The fourth-order valence-electron chi connectivity index (χ4n) is 3.12. The molecular weight excluding hydrogens is 248 g/mol. The Morgan fingerprint density at radius 2 is 2.05 bits per heavy atom. The molecule has 1 atom stereocenters. The van der Waals surface area contributed by atoms with Gasteiger partial charge in [0.1, 0.15) is 0 Å². The number of nitrogens with one attached hydrogen (secondary N) is 1. The van der Waals surface area contributed by atoms with Gasteiger partial charge in [-0.25, -0.2) is 0 Å². The molecule has 0 heterocycles. The largest absolute Gasteiger partial charge is 0.366 e. The summed E-state index contributed by atoms with van der Waals surface area (Å²) in [7, 11) is 0. The maximum Gasteiger partial charge on any atom is 0.248 e. The van der Waals surface area contributed by atoms with E-state index in [-0.39, 0.29) is 5.91 Å². The Bertz CT molecular complexity index is 464. The van der Waals surface area contributed by atoms with Crippen LogP contribution in [-0.4, -0.2) is 11.9 Å². The average molecular weight is 274 g/mol. The molecule has 0 spiro atoms. The van der Waals surface area contributed by atoms with Crippen molar-refractivity contribution in [3.8, 4) is 0 Å². The number of carbonyl (C=O) groups excluding carboxylic acids is 1. The van der Waals surface area contributed by atoms with Gasteiger partial charge in [-0.1, -0.05) is 25.3 Å². The Kier molecular flexibility index (Phi) is 5.18. The van der Waals surface area contributed by atoms with Crippen LogP contribution in [0.25, 0.3) is 0 Å². The third kappa shape index (κ3) is 3.83. The molecule has 20 heavy (non-hydrogen) atoms. The van der Waals surface area contributed by atoms with E-state index in [2.05, 4.69) is 12.2 Å². The van der Waals surface area contributed by atoms with Crippen LogP contribution < -0.4 is 11.1 Å². The van der Waals surface area contributed by atoms with Crippen molar-refractivity contribution in [3.63, 3.8) is 0 Å². The van der Waals surface area contributed by atoms with Gasteiger partial charge in [-0.15, -0.1) is 0 Å². The maximum atomic E-state index is 11.1. The summed E-state index contributed by atoms with van der Waals surface area (Å²) in [5.74, 6) is 0.456. The number of hydrogen-bond acceptors (Lipinski definition) is 2. The first kappa shape index (κ1) is 15.0. The minimum absolute atomic E-state index is 0.358. The van der Waals surface area contributed by atoms with E-state index in [0.29, 0.717) is 11.6 Å². The molecule has 3 heteroatoms.